The van der Waals surface area contributed by atoms with Gasteiger partial charge < -0.3 is 9.80 Å². The summed E-state index contributed by atoms with van der Waals surface area (Å²) in [6.45, 7) is 5.71. The summed E-state index contributed by atoms with van der Waals surface area (Å²) in [7, 11) is 0. The van der Waals surface area contributed by atoms with Gasteiger partial charge in [0.2, 0.25) is 0 Å². The number of thiazole rings is 1. The third-order valence-corrected chi connectivity index (χ3v) is 8.82. The number of amides is 2. The number of carbonyl (C=O) groups excluding carboxylic acids is 2. The fraction of sp³-hybridized carbons (Fsp3) is 0.393. The molecule has 2 aliphatic heterocycles. The van der Waals surface area contributed by atoms with Crippen molar-refractivity contribution in [1.82, 2.24) is 19.7 Å². The molecule has 0 unspecified atom stereocenters. The fourth-order valence-electron chi connectivity index (χ4n) is 4.69. The Kier molecular flexibility index (Phi) is 8.11. The topological polar surface area (TPSA) is 56.8 Å². The Hall–Kier alpha value is -2.99. The summed E-state index contributed by atoms with van der Waals surface area (Å²) in [4.78, 5) is 37.9. The second kappa shape index (κ2) is 11.8. The van der Waals surface area contributed by atoms with Crippen LogP contribution in [0, 0.1) is 11.8 Å². The zero-order chi connectivity index (χ0) is 24.7. The number of hydrogen-bond acceptors (Lipinski definition) is 6. The maximum absolute atomic E-state index is 13.1. The van der Waals surface area contributed by atoms with Crippen LogP contribution in [0.5, 0.6) is 0 Å². The predicted octanol–water partition coefficient (Wildman–Crippen LogP) is 3.96. The number of benzene rings is 1. The third kappa shape index (κ3) is 6.22. The molecule has 2 saturated heterocycles. The van der Waals surface area contributed by atoms with E-state index in [1.165, 1.54) is 4.88 Å². The highest BCUT2D eigenvalue weighted by atomic mass is 32.1. The SMILES string of the molecule is O=C(C#Cc1ccccc1)N1CCC(c2nc(C(=O)N3CCN(CCc4cccs4)CC3)cs2)CC1. The lowest BCUT2D eigenvalue weighted by molar-refractivity contribution is -0.126. The van der Waals surface area contributed by atoms with Crippen LogP contribution in [0.3, 0.4) is 0 Å². The lowest BCUT2D eigenvalue weighted by Gasteiger charge is -2.34. The molecule has 36 heavy (non-hydrogen) atoms. The van der Waals surface area contributed by atoms with E-state index in [2.05, 4.69) is 34.3 Å². The first-order chi connectivity index (χ1) is 17.7. The average molecular weight is 519 g/mol. The van der Waals surface area contributed by atoms with Gasteiger partial charge in [-0.3, -0.25) is 14.5 Å². The van der Waals surface area contributed by atoms with Crippen molar-refractivity contribution >= 4 is 34.5 Å². The Morgan fingerprint density at radius 2 is 1.69 bits per heavy atom. The number of rotatable bonds is 5. The summed E-state index contributed by atoms with van der Waals surface area (Å²) in [5.41, 5.74) is 1.41. The Bertz CT molecular complexity index is 1210. The van der Waals surface area contributed by atoms with Crippen LogP contribution in [-0.4, -0.2) is 77.3 Å². The van der Waals surface area contributed by atoms with Crippen molar-refractivity contribution in [3.63, 3.8) is 0 Å². The maximum atomic E-state index is 13.1. The zero-order valence-corrected chi connectivity index (χ0v) is 21.9. The molecular formula is C28H30N4O2S2. The quantitative estimate of drug-likeness (QED) is 0.480. The van der Waals surface area contributed by atoms with Crippen LogP contribution in [0.1, 0.15) is 44.7 Å². The molecule has 0 aliphatic carbocycles. The fourth-order valence-corrected chi connectivity index (χ4v) is 6.35. The van der Waals surface area contributed by atoms with E-state index in [1.807, 2.05) is 56.8 Å². The molecule has 3 aromatic rings. The normalized spacial score (nSPS) is 17.0. The van der Waals surface area contributed by atoms with Crippen molar-refractivity contribution in [3.8, 4) is 11.8 Å². The van der Waals surface area contributed by atoms with Gasteiger partial charge in [-0.1, -0.05) is 30.2 Å². The molecule has 1 aromatic carbocycles. The first kappa shape index (κ1) is 24.7. The van der Waals surface area contributed by atoms with Crippen molar-refractivity contribution in [2.75, 3.05) is 45.8 Å². The summed E-state index contributed by atoms with van der Waals surface area (Å²) in [5.74, 6) is 5.93. The molecule has 0 radical (unpaired) electrons. The molecule has 2 fully saturated rings. The van der Waals surface area contributed by atoms with Gasteiger partial charge in [-0.05, 0) is 42.8 Å². The lowest BCUT2D eigenvalue weighted by Crippen LogP contribution is -2.49. The minimum atomic E-state index is -0.123. The maximum Gasteiger partial charge on any atom is 0.298 e. The van der Waals surface area contributed by atoms with E-state index in [9.17, 15) is 9.59 Å². The van der Waals surface area contributed by atoms with Gasteiger partial charge in [0.05, 0.1) is 5.01 Å². The van der Waals surface area contributed by atoms with Crippen LogP contribution in [0.15, 0.2) is 53.2 Å². The molecule has 0 atom stereocenters. The van der Waals surface area contributed by atoms with Crippen LogP contribution in [-0.2, 0) is 11.2 Å². The van der Waals surface area contributed by atoms with E-state index in [0.717, 1.165) is 62.6 Å². The molecule has 8 heteroatoms. The van der Waals surface area contributed by atoms with Crippen molar-refractivity contribution in [2.24, 2.45) is 0 Å². The van der Waals surface area contributed by atoms with E-state index < -0.39 is 0 Å². The highest BCUT2D eigenvalue weighted by molar-refractivity contribution is 7.10. The summed E-state index contributed by atoms with van der Waals surface area (Å²) in [6.07, 6.45) is 2.77. The molecule has 0 spiro atoms. The van der Waals surface area contributed by atoms with Crippen LogP contribution < -0.4 is 0 Å². The van der Waals surface area contributed by atoms with Crippen LogP contribution in [0.4, 0.5) is 0 Å². The molecule has 2 amide bonds. The highest BCUT2D eigenvalue weighted by Gasteiger charge is 2.28. The second-order valence-electron chi connectivity index (χ2n) is 9.22. The number of aromatic nitrogens is 1. The van der Waals surface area contributed by atoms with Gasteiger partial charge >= 0.3 is 0 Å². The number of nitrogens with zero attached hydrogens (tertiary/aromatic N) is 4. The molecule has 5 rings (SSSR count). The Morgan fingerprint density at radius 1 is 0.917 bits per heavy atom. The summed E-state index contributed by atoms with van der Waals surface area (Å²) >= 11 is 3.38. The van der Waals surface area contributed by atoms with Crippen molar-refractivity contribution in [1.29, 1.82) is 0 Å². The van der Waals surface area contributed by atoms with E-state index in [4.69, 9.17) is 4.98 Å². The van der Waals surface area contributed by atoms with Crippen molar-refractivity contribution < 1.29 is 9.59 Å². The minimum absolute atomic E-state index is 0.0409. The summed E-state index contributed by atoms with van der Waals surface area (Å²) in [6, 6.07) is 13.9. The number of thiophene rings is 1. The molecule has 186 valence electrons. The molecule has 0 N–H and O–H groups in total. The number of piperazine rings is 1. The van der Waals surface area contributed by atoms with E-state index in [-0.39, 0.29) is 17.7 Å². The Balaban J connectivity index is 1.08. The predicted molar refractivity (Wildman–Crippen MR) is 144 cm³/mol. The smallest absolute Gasteiger partial charge is 0.298 e. The van der Waals surface area contributed by atoms with Gasteiger partial charge in [-0.2, -0.15) is 0 Å². The van der Waals surface area contributed by atoms with Gasteiger partial charge in [0.25, 0.3) is 11.8 Å². The van der Waals surface area contributed by atoms with E-state index >= 15 is 0 Å². The molecular weight excluding hydrogens is 488 g/mol. The average Bonchev–Trinajstić information content (AvgIpc) is 3.64. The standard InChI is InChI=1S/C28H30N4O2S2/c33-26(9-8-22-5-2-1-3-6-22)31-14-10-23(11-15-31)27-29-25(21-36-27)28(34)32-18-16-30(17-19-32)13-12-24-7-4-20-35-24/h1-7,20-21,23H,10-19H2. The third-order valence-electron chi connectivity index (χ3n) is 6.87. The zero-order valence-electron chi connectivity index (χ0n) is 20.3. The molecule has 6 nitrogen and oxygen atoms in total. The lowest BCUT2D eigenvalue weighted by atomic mass is 9.97. The molecule has 4 heterocycles. The first-order valence-corrected chi connectivity index (χ1v) is 14.3. The molecule has 2 aromatic heterocycles. The Labute approximate surface area is 220 Å². The Morgan fingerprint density at radius 3 is 2.42 bits per heavy atom. The monoisotopic (exact) mass is 518 g/mol. The summed E-state index contributed by atoms with van der Waals surface area (Å²) < 4.78 is 0. The second-order valence-corrected chi connectivity index (χ2v) is 11.1. The van der Waals surface area contributed by atoms with Gasteiger partial charge in [-0.15, -0.1) is 22.7 Å². The van der Waals surface area contributed by atoms with Gasteiger partial charge in [-0.25, -0.2) is 4.98 Å². The van der Waals surface area contributed by atoms with E-state index in [0.29, 0.717) is 18.8 Å². The van der Waals surface area contributed by atoms with Gasteiger partial charge in [0, 0.05) is 73.5 Å². The van der Waals surface area contributed by atoms with Gasteiger partial charge in [0.15, 0.2) is 0 Å². The number of hydrogen-bond donors (Lipinski definition) is 0. The van der Waals surface area contributed by atoms with Crippen LogP contribution in [0.2, 0.25) is 0 Å². The number of likely N-dealkylation sites (tertiary alicyclic amines) is 1. The first-order valence-electron chi connectivity index (χ1n) is 12.5. The minimum Gasteiger partial charge on any atom is -0.335 e. The van der Waals surface area contributed by atoms with E-state index in [1.54, 1.807) is 11.3 Å². The van der Waals surface area contributed by atoms with Crippen molar-refractivity contribution in [3.05, 3.63) is 74.4 Å². The van der Waals surface area contributed by atoms with Gasteiger partial charge in [0.1, 0.15) is 5.69 Å². The summed E-state index contributed by atoms with van der Waals surface area (Å²) in [5, 5.41) is 5.04. The largest absolute Gasteiger partial charge is 0.335 e. The number of carbonyl (C=O) groups is 2. The highest BCUT2D eigenvalue weighted by Crippen LogP contribution is 2.30. The molecule has 2 aliphatic rings. The molecule has 0 saturated carbocycles. The van der Waals surface area contributed by atoms with Crippen LogP contribution in [0.25, 0.3) is 0 Å². The number of piperidine rings is 1. The van der Waals surface area contributed by atoms with Crippen molar-refractivity contribution in [2.45, 2.75) is 25.2 Å². The van der Waals surface area contributed by atoms with Crippen LogP contribution >= 0.6 is 22.7 Å². The molecule has 0 bridgehead atoms.